The molecule has 1 N–H and O–H groups in total. The molecular formula is C22H23F6N3O3S. The molecule has 13 heteroatoms. The molecule has 0 radical (unpaired) electrons. The summed E-state index contributed by atoms with van der Waals surface area (Å²) in [7, 11) is -4.82. The predicted molar refractivity (Wildman–Crippen MR) is 113 cm³/mol. The lowest BCUT2D eigenvalue weighted by Gasteiger charge is -2.32. The number of alkyl halides is 6. The number of hydrogen-bond acceptors (Lipinski definition) is 4. The van der Waals surface area contributed by atoms with Crippen LogP contribution in [0.5, 0.6) is 0 Å². The van der Waals surface area contributed by atoms with E-state index in [1.165, 1.54) is 0 Å². The van der Waals surface area contributed by atoms with Gasteiger partial charge in [-0.25, -0.2) is 8.42 Å². The first-order chi connectivity index (χ1) is 16.3. The van der Waals surface area contributed by atoms with Gasteiger partial charge in [0.25, 0.3) is 0 Å². The molecule has 2 aromatic rings. The van der Waals surface area contributed by atoms with Gasteiger partial charge < -0.3 is 5.32 Å². The molecule has 1 aromatic carbocycles. The minimum absolute atomic E-state index is 0.0385. The quantitative estimate of drug-likeness (QED) is 0.538. The van der Waals surface area contributed by atoms with Crippen molar-refractivity contribution in [2.45, 2.75) is 49.5 Å². The van der Waals surface area contributed by atoms with Crippen molar-refractivity contribution in [3.63, 3.8) is 0 Å². The predicted octanol–water partition coefficient (Wildman–Crippen LogP) is 4.62. The SMILES string of the molecule is O=C(CCC1CCN(S(=O)(=O)c2cc(C(F)(F)F)ccc2C(F)(F)F)CC1)NCc1cccnc1. The smallest absolute Gasteiger partial charge is 0.352 e. The Hall–Kier alpha value is -2.67. The van der Waals surface area contributed by atoms with Crippen molar-refractivity contribution >= 4 is 15.9 Å². The molecule has 35 heavy (non-hydrogen) atoms. The van der Waals surface area contributed by atoms with Gasteiger partial charge >= 0.3 is 12.4 Å². The van der Waals surface area contributed by atoms with Gasteiger partial charge in [-0.2, -0.15) is 30.6 Å². The number of carbonyl (C=O) groups is 1. The number of hydrogen-bond donors (Lipinski definition) is 1. The number of sulfonamides is 1. The van der Waals surface area contributed by atoms with Crippen LogP contribution >= 0.6 is 0 Å². The van der Waals surface area contributed by atoms with Crippen LogP contribution in [0, 0.1) is 5.92 Å². The molecular weight excluding hydrogens is 500 g/mol. The third kappa shape index (κ3) is 6.94. The van der Waals surface area contributed by atoms with Gasteiger partial charge in [-0.15, -0.1) is 0 Å². The fraction of sp³-hybridized carbons (Fsp3) is 0.455. The van der Waals surface area contributed by atoms with Crippen LogP contribution in [0.4, 0.5) is 26.3 Å². The molecule has 0 bridgehead atoms. The summed E-state index contributed by atoms with van der Waals surface area (Å²) in [4.78, 5) is 14.6. The van der Waals surface area contributed by atoms with Crippen LogP contribution in [0.3, 0.4) is 0 Å². The molecule has 6 nitrogen and oxygen atoms in total. The first-order valence-corrected chi connectivity index (χ1v) is 12.2. The summed E-state index contributed by atoms with van der Waals surface area (Å²) in [6.45, 7) is -0.00240. The Bertz CT molecular complexity index is 1130. The summed E-state index contributed by atoms with van der Waals surface area (Å²) in [5, 5.41) is 2.75. The molecule has 0 unspecified atom stereocenters. The second kappa shape index (κ2) is 10.5. The van der Waals surface area contributed by atoms with Gasteiger partial charge in [0.15, 0.2) is 0 Å². The lowest BCUT2D eigenvalue weighted by molar-refractivity contribution is -0.143. The highest BCUT2D eigenvalue weighted by Crippen LogP contribution is 2.40. The van der Waals surface area contributed by atoms with E-state index in [4.69, 9.17) is 0 Å². The lowest BCUT2D eigenvalue weighted by atomic mass is 9.93. The number of amides is 1. The third-order valence-corrected chi connectivity index (χ3v) is 7.74. The van der Waals surface area contributed by atoms with Gasteiger partial charge in [-0.1, -0.05) is 6.07 Å². The molecule has 0 spiro atoms. The Labute approximate surface area is 198 Å². The van der Waals surface area contributed by atoms with E-state index in [0.717, 1.165) is 9.87 Å². The zero-order chi connectivity index (χ0) is 25.9. The number of rotatable bonds is 7. The monoisotopic (exact) mass is 523 g/mol. The second-order valence-corrected chi connectivity index (χ2v) is 10.1. The molecule has 0 aliphatic carbocycles. The van der Waals surface area contributed by atoms with Crippen molar-refractivity contribution < 1.29 is 39.6 Å². The van der Waals surface area contributed by atoms with Crippen molar-refractivity contribution in [3.8, 4) is 0 Å². The van der Waals surface area contributed by atoms with Gasteiger partial charge in [0, 0.05) is 38.4 Å². The maximum atomic E-state index is 13.4. The van der Waals surface area contributed by atoms with Crippen molar-refractivity contribution in [3.05, 3.63) is 59.4 Å². The summed E-state index contributed by atoms with van der Waals surface area (Å²) >= 11 is 0. The third-order valence-electron chi connectivity index (χ3n) is 5.80. The van der Waals surface area contributed by atoms with Crippen LogP contribution in [-0.4, -0.2) is 36.7 Å². The van der Waals surface area contributed by atoms with Gasteiger partial charge in [0.1, 0.15) is 0 Å². The van der Waals surface area contributed by atoms with Crippen LogP contribution in [0.25, 0.3) is 0 Å². The van der Waals surface area contributed by atoms with Crippen molar-refractivity contribution in [1.82, 2.24) is 14.6 Å². The highest BCUT2D eigenvalue weighted by atomic mass is 32.2. The average Bonchev–Trinajstić information content (AvgIpc) is 2.81. The van der Waals surface area contributed by atoms with Crippen molar-refractivity contribution in [2.24, 2.45) is 5.92 Å². The molecule has 1 amide bonds. The number of nitrogens with zero attached hydrogens (tertiary/aromatic N) is 2. The highest BCUT2D eigenvalue weighted by molar-refractivity contribution is 7.89. The van der Waals surface area contributed by atoms with Crippen LogP contribution in [0.2, 0.25) is 0 Å². The van der Waals surface area contributed by atoms with Gasteiger partial charge in [-0.05, 0) is 55.0 Å². The zero-order valence-corrected chi connectivity index (χ0v) is 19.2. The van der Waals surface area contributed by atoms with Gasteiger partial charge in [0.2, 0.25) is 15.9 Å². The van der Waals surface area contributed by atoms with Crippen LogP contribution in [0.1, 0.15) is 42.4 Å². The minimum atomic E-state index is -5.14. The largest absolute Gasteiger partial charge is 0.417 e. The Morgan fingerprint density at radius 2 is 1.74 bits per heavy atom. The van der Waals surface area contributed by atoms with E-state index in [2.05, 4.69) is 10.3 Å². The standard InChI is InChI=1S/C22H23F6N3O3S/c23-21(24,25)17-4-5-18(22(26,27)28)19(12-17)35(33,34)31-10-7-15(8-11-31)3-6-20(32)30-14-16-2-1-9-29-13-16/h1-2,4-5,9,12-13,15H,3,6-8,10-11,14H2,(H,30,32). The Kier molecular flexibility index (Phi) is 8.10. The highest BCUT2D eigenvalue weighted by Gasteiger charge is 2.42. The molecule has 1 saturated heterocycles. The van der Waals surface area contributed by atoms with Crippen molar-refractivity contribution in [2.75, 3.05) is 13.1 Å². The second-order valence-electron chi connectivity index (χ2n) is 8.23. The molecule has 0 atom stereocenters. The molecule has 3 rings (SSSR count). The molecule has 1 aromatic heterocycles. The average molecular weight is 523 g/mol. The normalized spacial score (nSPS) is 16.3. The van der Waals surface area contributed by atoms with E-state index in [1.54, 1.807) is 24.5 Å². The van der Waals surface area contributed by atoms with Gasteiger partial charge in [0.05, 0.1) is 16.0 Å². The first-order valence-electron chi connectivity index (χ1n) is 10.7. The Balaban J connectivity index is 1.62. The fourth-order valence-corrected chi connectivity index (χ4v) is 5.56. The van der Waals surface area contributed by atoms with E-state index in [1.807, 2.05) is 0 Å². The minimum Gasteiger partial charge on any atom is -0.352 e. The van der Waals surface area contributed by atoms with E-state index in [-0.39, 0.29) is 62.4 Å². The summed E-state index contributed by atoms with van der Waals surface area (Å²) in [5.41, 5.74) is -2.29. The van der Waals surface area contributed by atoms with E-state index in [9.17, 15) is 39.6 Å². The number of pyridine rings is 1. The topological polar surface area (TPSA) is 79.4 Å². The molecule has 0 saturated carbocycles. The summed E-state index contributed by atoms with van der Waals surface area (Å²) in [6, 6.07) is 3.94. The molecule has 1 aliphatic rings. The maximum Gasteiger partial charge on any atom is 0.417 e. The molecule has 2 heterocycles. The number of halogens is 6. The van der Waals surface area contributed by atoms with E-state index >= 15 is 0 Å². The van der Waals surface area contributed by atoms with Gasteiger partial charge in [-0.3, -0.25) is 9.78 Å². The molecule has 192 valence electrons. The molecule has 1 fully saturated rings. The fourth-order valence-electron chi connectivity index (χ4n) is 3.85. The lowest BCUT2D eigenvalue weighted by Crippen LogP contribution is -2.39. The number of nitrogens with one attached hydrogen (secondary N) is 1. The number of aromatic nitrogens is 1. The first kappa shape index (κ1) is 26.9. The Morgan fingerprint density at radius 3 is 2.31 bits per heavy atom. The van der Waals surface area contributed by atoms with Crippen LogP contribution in [0.15, 0.2) is 47.6 Å². The Morgan fingerprint density at radius 1 is 1.06 bits per heavy atom. The zero-order valence-electron chi connectivity index (χ0n) is 18.4. The van der Waals surface area contributed by atoms with Crippen LogP contribution in [-0.2, 0) is 33.7 Å². The maximum absolute atomic E-state index is 13.4. The summed E-state index contributed by atoms with van der Waals surface area (Å²) in [6.07, 6.45) is -5.74. The summed E-state index contributed by atoms with van der Waals surface area (Å²) < 4.78 is 106. The van der Waals surface area contributed by atoms with Crippen molar-refractivity contribution in [1.29, 1.82) is 0 Å². The van der Waals surface area contributed by atoms with E-state index in [0.29, 0.717) is 13.0 Å². The van der Waals surface area contributed by atoms with E-state index < -0.39 is 38.4 Å². The summed E-state index contributed by atoms with van der Waals surface area (Å²) in [5.74, 6) is -0.253. The molecule has 1 aliphatic heterocycles. The number of carbonyl (C=O) groups excluding carboxylic acids is 1. The van der Waals surface area contributed by atoms with Crippen LogP contribution < -0.4 is 5.32 Å². The number of benzene rings is 1. The number of piperidine rings is 1.